The van der Waals surface area contributed by atoms with Crippen LogP contribution in [0.3, 0.4) is 0 Å². The van der Waals surface area contributed by atoms with Crippen molar-refractivity contribution in [3.8, 4) is 5.75 Å². The first-order chi connectivity index (χ1) is 8.20. The Balaban J connectivity index is 2.16. The van der Waals surface area contributed by atoms with E-state index in [0.717, 1.165) is 20.0 Å². The molecule has 0 saturated heterocycles. The molecule has 2 N–H and O–H groups in total. The molecular formula is C13H14BrNOS. The number of nitrogens with two attached hydrogens (primary N) is 1. The summed E-state index contributed by atoms with van der Waals surface area (Å²) in [6.07, 6.45) is 0. The van der Waals surface area contributed by atoms with E-state index in [1.807, 2.05) is 37.3 Å². The van der Waals surface area contributed by atoms with E-state index >= 15 is 0 Å². The van der Waals surface area contributed by atoms with Crippen molar-refractivity contribution in [3.05, 3.63) is 50.6 Å². The molecule has 2 rings (SSSR count). The van der Waals surface area contributed by atoms with E-state index in [4.69, 9.17) is 10.5 Å². The Hall–Kier alpha value is -0.840. The van der Waals surface area contributed by atoms with Crippen molar-refractivity contribution < 1.29 is 4.74 Å². The normalized spacial score (nSPS) is 12.4. The highest BCUT2D eigenvalue weighted by atomic mass is 79.9. The lowest BCUT2D eigenvalue weighted by atomic mass is 10.1. The van der Waals surface area contributed by atoms with E-state index in [-0.39, 0.29) is 6.04 Å². The summed E-state index contributed by atoms with van der Waals surface area (Å²) in [5.74, 6) is 0.885. The second kappa shape index (κ2) is 5.67. The van der Waals surface area contributed by atoms with Crippen LogP contribution in [0.15, 0.2) is 40.2 Å². The summed E-state index contributed by atoms with van der Waals surface area (Å²) in [4.78, 5) is 1.15. The van der Waals surface area contributed by atoms with Crippen molar-refractivity contribution in [2.75, 3.05) is 6.61 Å². The molecule has 90 valence electrons. The first kappa shape index (κ1) is 12.6. The molecule has 0 fully saturated rings. The molecule has 1 atom stereocenters. The monoisotopic (exact) mass is 311 g/mol. The Morgan fingerprint density at radius 2 is 1.94 bits per heavy atom. The Labute approximate surface area is 114 Å². The van der Waals surface area contributed by atoms with Crippen LogP contribution in [0.2, 0.25) is 0 Å². The van der Waals surface area contributed by atoms with Gasteiger partial charge in [-0.25, -0.2) is 0 Å². The predicted octanol–water partition coefficient (Wildman–Crippen LogP) is 3.96. The third kappa shape index (κ3) is 3.09. The molecule has 0 aliphatic rings. The average Bonchev–Trinajstić information content (AvgIpc) is 2.76. The van der Waals surface area contributed by atoms with Gasteiger partial charge in [0.1, 0.15) is 5.75 Å². The lowest BCUT2D eigenvalue weighted by Gasteiger charge is -2.11. The number of benzene rings is 1. The summed E-state index contributed by atoms with van der Waals surface area (Å²) in [5, 5.41) is 0. The van der Waals surface area contributed by atoms with Crippen molar-refractivity contribution in [3.63, 3.8) is 0 Å². The number of halogens is 1. The highest BCUT2D eigenvalue weighted by Gasteiger charge is 2.11. The number of thiophene rings is 1. The quantitative estimate of drug-likeness (QED) is 0.927. The number of hydrogen-bond donors (Lipinski definition) is 1. The summed E-state index contributed by atoms with van der Waals surface area (Å²) in [7, 11) is 0. The van der Waals surface area contributed by atoms with Gasteiger partial charge in [-0.2, -0.15) is 0 Å². The minimum atomic E-state index is -0.0676. The molecule has 2 nitrogen and oxygen atoms in total. The van der Waals surface area contributed by atoms with Crippen LogP contribution in [0.25, 0.3) is 0 Å². The third-order valence-corrected chi connectivity index (χ3v) is 4.16. The number of rotatable bonds is 4. The molecule has 1 aromatic carbocycles. The van der Waals surface area contributed by atoms with Crippen molar-refractivity contribution in [2.24, 2.45) is 5.73 Å². The molecule has 0 radical (unpaired) electrons. The lowest BCUT2D eigenvalue weighted by molar-refractivity contribution is 0.340. The van der Waals surface area contributed by atoms with E-state index in [0.29, 0.717) is 6.61 Å². The molecule has 2 aromatic rings. The molecule has 17 heavy (non-hydrogen) atoms. The number of hydrogen-bond acceptors (Lipinski definition) is 3. The zero-order valence-corrected chi connectivity index (χ0v) is 11.9. The van der Waals surface area contributed by atoms with Crippen LogP contribution >= 0.6 is 27.3 Å². The smallest absolute Gasteiger partial charge is 0.119 e. The van der Waals surface area contributed by atoms with Gasteiger partial charge in [-0.1, -0.05) is 12.1 Å². The summed E-state index contributed by atoms with van der Waals surface area (Å²) < 4.78 is 6.51. The third-order valence-electron chi connectivity index (χ3n) is 2.45. The van der Waals surface area contributed by atoms with E-state index < -0.39 is 0 Å². The van der Waals surface area contributed by atoms with E-state index in [1.54, 1.807) is 11.3 Å². The predicted molar refractivity (Wildman–Crippen MR) is 75.7 cm³/mol. The second-order valence-electron chi connectivity index (χ2n) is 3.62. The van der Waals surface area contributed by atoms with Gasteiger partial charge in [-0.15, -0.1) is 11.3 Å². The minimum Gasteiger partial charge on any atom is -0.494 e. The van der Waals surface area contributed by atoms with Crippen LogP contribution in [0.5, 0.6) is 5.75 Å². The van der Waals surface area contributed by atoms with Crippen molar-refractivity contribution in [2.45, 2.75) is 13.0 Å². The molecule has 0 saturated carbocycles. The van der Waals surface area contributed by atoms with Crippen molar-refractivity contribution >= 4 is 27.3 Å². The van der Waals surface area contributed by atoms with Crippen LogP contribution < -0.4 is 10.5 Å². The van der Waals surface area contributed by atoms with E-state index in [9.17, 15) is 0 Å². The Morgan fingerprint density at radius 1 is 1.24 bits per heavy atom. The van der Waals surface area contributed by atoms with Gasteiger partial charge in [-0.3, -0.25) is 0 Å². The van der Waals surface area contributed by atoms with Gasteiger partial charge in [0.2, 0.25) is 0 Å². The first-order valence-corrected chi connectivity index (χ1v) is 7.05. The zero-order chi connectivity index (χ0) is 12.3. The largest absolute Gasteiger partial charge is 0.494 e. The fraction of sp³-hybridized carbons (Fsp3) is 0.231. The van der Waals surface area contributed by atoms with E-state index in [1.165, 1.54) is 0 Å². The summed E-state index contributed by atoms with van der Waals surface area (Å²) >= 11 is 5.11. The van der Waals surface area contributed by atoms with Gasteiger partial charge in [0, 0.05) is 4.88 Å². The van der Waals surface area contributed by atoms with Crippen LogP contribution in [-0.4, -0.2) is 6.61 Å². The zero-order valence-electron chi connectivity index (χ0n) is 9.52. The average molecular weight is 312 g/mol. The topological polar surface area (TPSA) is 35.2 Å². The van der Waals surface area contributed by atoms with Gasteiger partial charge in [-0.05, 0) is 52.7 Å². The molecule has 1 heterocycles. The van der Waals surface area contributed by atoms with Crippen LogP contribution in [-0.2, 0) is 0 Å². The van der Waals surface area contributed by atoms with Gasteiger partial charge < -0.3 is 10.5 Å². The molecule has 0 amide bonds. The number of ether oxygens (including phenoxy) is 1. The highest BCUT2D eigenvalue weighted by molar-refractivity contribution is 9.11. The Kier molecular flexibility index (Phi) is 4.20. The molecule has 4 heteroatoms. The summed E-state index contributed by atoms with van der Waals surface area (Å²) in [6, 6.07) is 12.0. The maximum Gasteiger partial charge on any atom is 0.119 e. The minimum absolute atomic E-state index is 0.0676. The van der Waals surface area contributed by atoms with Gasteiger partial charge in [0.15, 0.2) is 0 Å². The van der Waals surface area contributed by atoms with Crippen molar-refractivity contribution in [1.82, 2.24) is 0 Å². The fourth-order valence-corrected chi connectivity index (χ4v) is 3.05. The molecule has 0 spiro atoms. The Bertz CT molecular complexity index is 480. The van der Waals surface area contributed by atoms with Crippen LogP contribution in [0.4, 0.5) is 0 Å². The second-order valence-corrected chi connectivity index (χ2v) is 6.12. The van der Waals surface area contributed by atoms with Gasteiger partial charge in [0.05, 0.1) is 16.4 Å². The summed E-state index contributed by atoms with van der Waals surface area (Å²) in [6.45, 7) is 2.66. The van der Waals surface area contributed by atoms with Gasteiger partial charge >= 0.3 is 0 Å². The molecule has 0 aliphatic heterocycles. The lowest BCUT2D eigenvalue weighted by Crippen LogP contribution is -2.09. The first-order valence-electron chi connectivity index (χ1n) is 5.44. The molecule has 1 unspecified atom stereocenters. The van der Waals surface area contributed by atoms with E-state index in [2.05, 4.69) is 22.0 Å². The Morgan fingerprint density at radius 3 is 2.47 bits per heavy atom. The molecule has 1 aromatic heterocycles. The SMILES string of the molecule is CCOc1ccc(C(N)c2ccc(Br)s2)cc1. The summed E-state index contributed by atoms with van der Waals surface area (Å²) in [5.41, 5.74) is 7.30. The van der Waals surface area contributed by atoms with Crippen molar-refractivity contribution in [1.29, 1.82) is 0 Å². The molecular weight excluding hydrogens is 298 g/mol. The highest BCUT2D eigenvalue weighted by Crippen LogP contribution is 2.30. The van der Waals surface area contributed by atoms with Gasteiger partial charge in [0.25, 0.3) is 0 Å². The van der Waals surface area contributed by atoms with Crippen LogP contribution in [0, 0.1) is 0 Å². The fourth-order valence-electron chi connectivity index (χ4n) is 1.60. The maximum atomic E-state index is 6.20. The maximum absolute atomic E-state index is 6.20. The van der Waals surface area contributed by atoms with Crippen LogP contribution in [0.1, 0.15) is 23.4 Å². The molecule has 0 aliphatic carbocycles. The standard InChI is InChI=1S/C13H14BrNOS/c1-2-16-10-5-3-9(4-6-10)13(15)11-7-8-12(14)17-11/h3-8,13H,2,15H2,1H3. The molecule has 0 bridgehead atoms.